The maximum absolute atomic E-state index is 13.5. The Bertz CT molecular complexity index is 662. The van der Waals surface area contributed by atoms with E-state index in [1.54, 1.807) is 38.3 Å². The van der Waals surface area contributed by atoms with Crippen LogP contribution < -0.4 is 10.1 Å². The zero-order valence-electron chi connectivity index (χ0n) is 11.4. The fourth-order valence-corrected chi connectivity index (χ4v) is 1.91. The summed E-state index contributed by atoms with van der Waals surface area (Å²) in [6, 6.07) is 12.4. The topological polar surface area (TPSA) is 45.0 Å². The lowest BCUT2D eigenvalue weighted by Gasteiger charge is -2.13. The van der Waals surface area contributed by atoms with Gasteiger partial charge in [0.2, 0.25) is 0 Å². The van der Waals surface area contributed by atoms with Crippen molar-refractivity contribution in [3.05, 3.63) is 58.9 Å². The van der Waals surface area contributed by atoms with E-state index < -0.39 is 0 Å². The van der Waals surface area contributed by atoms with Crippen molar-refractivity contribution in [2.45, 2.75) is 13.5 Å². The van der Waals surface area contributed by atoms with Crippen molar-refractivity contribution in [1.29, 1.82) is 5.26 Å². The van der Waals surface area contributed by atoms with Crippen LogP contribution in [-0.4, -0.2) is 7.11 Å². The van der Waals surface area contributed by atoms with Gasteiger partial charge in [-0.3, -0.25) is 0 Å². The first-order valence-corrected chi connectivity index (χ1v) is 6.21. The van der Waals surface area contributed by atoms with Crippen molar-refractivity contribution < 1.29 is 9.13 Å². The number of methoxy groups -OCH3 is 1. The standard InChI is InChI=1S/C16H15FN2O/c1-11-6-7-12(8-14(11)17)10-19-16-13(9-18)4-3-5-15(16)20-2/h3-8,19H,10H2,1-2H3. The number of nitrogens with one attached hydrogen (secondary N) is 1. The first-order chi connectivity index (χ1) is 9.65. The molecular formula is C16H15FN2O. The number of aryl methyl sites for hydroxylation is 1. The Kier molecular flexibility index (Phi) is 4.21. The van der Waals surface area contributed by atoms with Crippen molar-refractivity contribution in [2.24, 2.45) is 0 Å². The van der Waals surface area contributed by atoms with E-state index in [-0.39, 0.29) is 5.82 Å². The fourth-order valence-electron chi connectivity index (χ4n) is 1.91. The molecule has 0 atom stereocenters. The highest BCUT2D eigenvalue weighted by atomic mass is 19.1. The monoisotopic (exact) mass is 270 g/mol. The molecule has 0 fully saturated rings. The highest BCUT2D eigenvalue weighted by molar-refractivity contribution is 5.66. The highest BCUT2D eigenvalue weighted by Gasteiger charge is 2.08. The largest absolute Gasteiger partial charge is 0.495 e. The van der Waals surface area contributed by atoms with Crippen LogP contribution in [-0.2, 0) is 6.54 Å². The van der Waals surface area contributed by atoms with E-state index in [9.17, 15) is 4.39 Å². The summed E-state index contributed by atoms with van der Waals surface area (Å²) in [6.07, 6.45) is 0. The van der Waals surface area contributed by atoms with Crippen LogP contribution in [0, 0.1) is 24.1 Å². The molecule has 3 nitrogen and oxygen atoms in total. The number of hydrogen-bond donors (Lipinski definition) is 1. The van der Waals surface area contributed by atoms with Gasteiger partial charge in [0.15, 0.2) is 0 Å². The molecule has 0 spiro atoms. The van der Waals surface area contributed by atoms with Gasteiger partial charge in [0.25, 0.3) is 0 Å². The van der Waals surface area contributed by atoms with Gasteiger partial charge in [-0.15, -0.1) is 0 Å². The minimum atomic E-state index is -0.232. The van der Waals surface area contributed by atoms with Gasteiger partial charge in [-0.05, 0) is 36.2 Å². The van der Waals surface area contributed by atoms with Gasteiger partial charge >= 0.3 is 0 Å². The lowest BCUT2D eigenvalue weighted by molar-refractivity contribution is 0.416. The number of ether oxygens (including phenoxy) is 1. The normalized spacial score (nSPS) is 9.90. The van der Waals surface area contributed by atoms with Gasteiger partial charge in [0, 0.05) is 6.54 Å². The van der Waals surface area contributed by atoms with Crippen molar-refractivity contribution in [1.82, 2.24) is 0 Å². The summed E-state index contributed by atoms with van der Waals surface area (Å²) < 4.78 is 18.7. The van der Waals surface area contributed by atoms with Crippen LogP contribution in [0.4, 0.5) is 10.1 Å². The fraction of sp³-hybridized carbons (Fsp3) is 0.188. The smallest absolute Gasteiger partial charge is 0.143 e. The second kappa shape index (κ2) is 6.07. The maximum Gasteiger partial charge on any atom is 0.143 e. The van der Waals surface area contributed by atoms with Crippen molar-refractivity contribution >= 4 is 5.69 Å². The molecule has 0 aliphatic heterocycles. The number of anilines is 1. The van der Waals surface area contributed by atoms with E-state index in [1.165, 1.54) is 6.07 Å². The Hall–Kier alpha value is -2.54. The molecule has 2 aromatic carbocycles. The van der Waals surface area contributed by atoms with E-state index >= 15 is 0 Å². The number of halogens is 1. The summed E-state index contributed by atoms with van der Waals surface area (Å²) >= 11 is 0. The van der Waals surface area contributed by atoms with Crippen molar-refractivity contribution in [3.63, 3.8) is 0 Å². The van der Waals surface area contributed by atoms with Crippen LogP contribution in [0.3, 0.4) is 0 Å². The predicted octanol–water partition coefficient (Wildman–Crippen LogP) is 3.63. The van der Waals surface area contributed by atoms with Crippen molar-refractivity contribution in [2.75, 3.05) is 12.4 Å². The summed E-state index contributed by atoms with van der Waals surface area (Å²) in [5, 5.41) is 12.2. The molecule has 0 aliphatic carbocycles. The minimum Gasteiger partial charge on any atom is -0.495 e. The van der Waals surface area contributed by atoms with E-state index in [0.29, 0.717) is 29.1 Å². The molecule has 2 aromatic rings. The highest BCUT2D eigenvalue weighted by Crippen LogP contribution is 2.28. The zero-order valence-corrected chi connectivity index (χ0v) is 11.4. The lowest BCUT2D eigenvalue weighted by atomic mass is 10.1. The van der Waals surface area contributed by atoms with E-state index in [4.69, 9.17) is 10.00 Å². The molecule has 0 amide bonds. The molecule has 0 aromatic heterocycles. The van der Waals surface area contributed by atoms with Gasteiger partial charge in [-0.1, -0.05) is 18.2 Å². The van der Waals surface area contributed by atoms with E-state index in [1.807, 2.05) is 6.07 Å². The maximum atomic E-state index is 13.5. The molecule has 0 radical (unpaired) electrons. The van der Waals surface area contributed by atoms with Gasteiger partial charge in [0.05, 0.1) is 18.4 Å². The number of rotatable bonds is 4. The van der Waals surface area contributed by atoms with Gasteiger partial charge in [-0.25, -0.2) is 4.39 Å². The Balaban J connectivity index is 2.22. The molecular weight excluding hydrogens is 255 g/mol. The zero-order chi connectivity index (χ0) is 14.5. The minimum absolute atomic E-state index is 0.232. The molecule has 0 bridgehead atoms. The number of benzene rings is 2. The first kappa shape index (κ1) is 13.9. The Morgan fingerprint density at radius 1 is 1.30 bits per heavy atom. The van der Waals surface area contributed by atoms with Crippen LogP contribution in [0.1, 0.15) is 16.7 Å². The molecule has 1 N–H and O–H groups in total. The predicted molar refractivity (Wildman–Crippen MR) is 76.2 cm³/mol. The molecule has 102 valence electrons. The first-order valence-electron chi connectivity index (χ1n) is 6.21. The number of para-hydroxylation sites is 1. The van der Waals surface area contributed by atoms with Crippen LogP contribution in [0.15, 0.2) is 36.4 Å². The summed E-state index contributed by atoms with van der Waals surface area (Å²) in [4.78, 5) is 0. The number of nitriles is 1. The van der Waals surface area contributed by atoms with Crippen molar-refractivity contribution in [3.8, 4) is 11.8 Å². The van der Waals surface area contributed by atoms with Crippen LogP contribution in [0.5, 0.6) is 5.75 Å². The van der Waals surface area contributed by atoms with Gasteiger partial charge < -0.3 is 10.1 Å². The third-order valence-corrected chi connectivity index (χ3v) is 3.07. The SMILES string of the molecule is COc1cccc(C#N)c1NCc1ccc(C)c(F)c1. The van der Waals surface area contributed by atoms with Crippen LogP contribution in [0.25, 0.3) is 0 Å². The Morgan fingerprint density at radius 3 is 2.75 bits per heavy atom. The number of nitrogens with zero attached hydrogens (tertiary/aromatic N) is 1. The average Bonchev–Trinajstić information content (AvgIpc) is 2.48. The summed E-state index contributed by atoms with van der Waals surface area (Å²) in [5.41, 5.74) is 2.54. The third-order valence-electron chi connectivity index (χ3n) is 3.07. The molecule has 20 heavy (non-hydrogen) atoms. The third kappa shape index (κ3) is 2.89. The quantitative estimate of drug-likeness (QED) is 0.922. The molecule has 2 rings (SSSR count). The molecule has 0 heterocycles. The molecule has 0 aliphatic rings. The Morgan fingerprint density at radius 2 is 2.10 bits per heavy atom. The summed E-state index contributed by atoms with van der Waals surface area (Å²) in [7, 11) is 1.55. The average molecular weight is 270 g/mol. The second-order valence-corrected chi connectivity index (χ2v) is 4.43. The lowest BCUT2D eigenvalue weighted by Crippen LogP contribution is -2.04. The van der Waals surface area contributed by atoms with Gasteiger partial charge in [0.1, 0.15) is 17.6 Å². The molecule has 0 unspecified atom stereocenters. The van der Waals surface area contributed by atoms with Gasteiger partial charge in [-0.2, -0.15) is 5.26 Å². The van der Waals surface area contributed by atoms with E-state index in [2.05, 4.69) is 11.4 Å². The van der Waals surface area contributed by atoms with Crippen LogP contribution in [0.2, 0.25) is 0 Å². The number of hydrogen-bond acceptors (Lipinski definition) is 3. The molecule has 0 saturated carbocycles. The van der Waals surface area contributed by atoms with Crippen LogP contribution >= 0.6 is 0 Å². The van der Waals surface area contributed by atoms with E-state index in [0.717, 1.165) is 5.56 Å². The summed E-state index contributed by atoms with van der Waals surface area (Å²) in [5.74, 6) is 0.362. The second-order valence-electron chi connectivity index (χ2n) is 4.43. The molecule has 0 saturated heterocycles. The summed E-state index contributed by atoms with van der Waals surface area (Å²) in [6.45, 7) is 2.15. The molecule has 4 heteroatoms. The Labute approximate surface area is 117 Å².